The number of carbonyl (C=O) groups excluding carboxylic acids is 1. The third-order valence-corrected chi connectivity index (χ3v) is 2.31. The van der Waals surface area contributed by atoms with E-state index in [1.54, 1.807) is 13.8 Å². The molecule has 7 nitrogen and oxygen atoms in total. The Hall–Kier alpha value is -2.28. The number of nitrogens with one attached hydrogen (secondary N) is 1. The molecule has 1 aromatic rings. The lowest BCUT2D eigenvalue weighted by molar-refractivity contribution is 0.0994. The number of hydrogen-bond acceptors (Lipinski definition) is 5. The molecule has 1 amide bonds. The molecular weight excluding hydrogens is 284 g/mol. The van der Waals surface area contributed by atoms with Gasteiger partial charge < -0.3 is 21.2 Å². The van der Waals surface area contributed by atoms with Crippen LogP contribution >= 0.6 is 11.6 Å². The van der Waals surface area contributed by atoms with Crippen LogP contribution in [0.5, 0.6) is 5.75 Å². The van der Waals surface area contributed by atoms with E-state index in [1.807, 2.05) is 0 Å². The van der Waals surface area contributed by atoms with Gasteiger partial charge >= 0.3 is 0 Å². The molecule has 0 aliphatic rings. The van der Waals surface area contributed by atoms with Crippen molar-refractivity contribution in [1.29, 1.82) is 0 Å². The summed E-state index contributed by atoms with van der Waals surface area (Å²) in [6, 6.07) is 1.39. The Balaban J connectivity index is 3.18. The Labute approximate surface area is 120 Å². The lowest BCUT2D eigenvalue weighted by Gasteiger charge is -2.08. The monoisotopic (exact) mass is 298 g/mol. The Morgan fingerprint density at radius 3 is 2.75 bits per heavy atom. The molecule has 0 bridgehead atoms. The van der Waals surface area contributed by atoms with Crippen LogP contribution in [0.25, 0.3) is 0 Å². The van der Waals surface area contributed by atoms with Crippen LogP contribution in [-0.2, 0) is 0 Å². The van der Waals surface area contributed by atoms with Crippen LogP contribution in [0.3, 0.4) is 0 Å². The Morgan fingerprint density at radius 1 is 1.60 bits per heavy atom. The average Bonchev–Trinajstić information content (AvgIpc) is 2.32. The highest BCUT2D eigenvalue weighted by atomic mass is 35.5. The van der Waals surface area contributed by atoms with Gasteiger partial charge in [-0.3, -0.25) is 9.59 Å². The van der Waals surface area contributed by atoms with Crippen molar-refractivity contribution >= 4 is 23.4 Å². The van der Waals surface area contributed by atoms with E-state index in [0.717, 1.165) is 0 Å². The fraction of sp³-hybridized carbons (Fsp3) is 0.250. The molecule has 108 valence electrons. The Kier molecular flexibility index (Phi) is 5.33. The first-order chi connectivity index (χ1) is 9.35. The average molecular weight is 299 g/mol. The van der Waals surface area contributed by atoms with Gasteiger partial charge in [-0.1, -0.05) is 11.6 Å². The first-order valence-electron chi connectivity index (χ1n) is 5.67. The highest BCUT2D eigenvalue weighted by Gasteiger charge is 2.12. The SMILES string of the molecule is Cc1cc(OC(/C=C\N)=NC(C)Cl)c(=O)[nH]c1C(N)=O. The molecule has 5 N–H and O–H groups in total. The van der Waals surface area contributed by atoms with Gasteiger partial charge in [0.15, 0.2) is 5.75 Å². The largest absolute Gasteiger partial charge is 0.433 e. The van der Waals surface area contributed by atoms with Crippen molar-refractivity contribution < 1.29 is 9.53 Å². The van der Waals surface area contributed by atoms with Crippen LogP contribution < -0.4 is 21.8 Å². The molecule has 1 heterocycles. The van der Waals surface area contributed by atoms with Crippen LogP contribution in [0, 0.1) is 6.92 Å². The number of amides is 1. The summed E-state index contributed by atoms with van der Waals surface area (Å²) in [6.45, 7) is 3.24. The summed E-state index contributed by atoms with van der Waals surface area (Å²) < 4.78 is 5.31. The number of nitrogens with zero attached hydrogens (tertiary/aromatic N) is 1. The second-order valence-electron chi connectivity index (χ2n) is 3.89. The van der Waals surface area contributed by atoms with Crippen LogP contribution in [0.1, 0.15) is 23.0 Å². The van der Waals surface area contributed by atoms with Crippen molar-refractivity contribution in [3.8, 4) is 5.75 Å². The number of aliphatic imine (C=N–C) groups is 1. The molecule has 0 saturated carbocycles. The maximum absolute atomic E-state index is 11.8. The number of aromatic nitrogens is 1. The van der Waals surface area contributed by atoms with Crippen molar-refractivity contribution in [2.75, 3.05) is 0 Å². The molecule has 1 rings (SSSR count). The Bertz CT molecular complexity index is 620. The van der Waals surface area contributed by atoms with E-state index in [-0.39, 0.29) is 17.3 Å². The highest BCUT2D eigenvalue weighted by molar-refractivity contribution is 6.20. The minimum absolute atomic E-state index is 0.0286. The summed E-state index contributed by atoms with van der Waals surface area (Å²) in [5, 5.41) is 0. The molecule has 0 aliphatic carbocycles. The minimum atomic E-state index is -0.726. The van der Waals surface area contributed by atoms with Crippen molar-refractivity contribution in [2.24, 2.45) is 16.5 Å². The van der Waals surface area contributed by atoms with E-state index in [1.165, 1.54) is 18.3 Å². The van der Waals surface area contributed by atoms with Gasteiger partial charge in [0.1, 0.15) is 11.2 Å². The topological polar surface area (TPSA) is 124 Å². The number of nitrogens with two attached hydrogens (primary N) is 2. The molecule has 0 aromatic carbocycles. The lowest BCUT2D eigenvalue weighted by Crippen LogP contribution is -2.23. The number of primary amides is 1. The van der Waals surface area contributed by atoms with Gasteiger partial charge in [-0.05, 0) is 31.7 Å². The minimum Gasteiger partial charge on any atom is -0.433 e. The molecule has 1 unspecified atom stereocenters. The van der Waals surface area contributed by atoms with E-state index in [9.17, 15) is 9.59 Å². The molecule has 20 heavy (non-hydrogen) atoms. The highest BCUT2D eigenvalue weighted by Crippen LogP contribution is 2.11. The maximum Gasteiger partial charge on any atom is 0.291 e. The van der Waals surface area contributed by atoms with Crippen LogP contribution in [0.4, 0.5) is 0 Å². The van der Waals surface area contributed by atoms with E-state index in [0.29, 0.717) is 5.56 Å². The van der Waals surface area contributed by atoms with Crippen LogP contribution in [0.15, 0.2) is 28.1 Å². The number of halogens is 1. The van der Waals surface area contributed by atoms with E-state index < -0.39 is 17.0 Å². The normalized spacial score (nSPS) is 13.4. The Morgan fingerprint density at radius 2 is 2.25 bits per heavy atom. The van der Waals surface area contributed by atoms with E-state index >= 15 is 0 Å². The van der Waals surface area contributed by atoms with Gasteiger partial charge in [0, 0.05) is 6.08 Å². The fourth-order valence-corrected chi connectivity index (χ4v) is 1.51. The zero-order valence-corrected chi connectivity index (χ0v) is 11.8. The summed E-state index contributed by atoms with van der Waals surface area (Å²) in [4.78, 5) is 29.2. The van der Waals surface area contributed by atoms with E-state index in [2.05, 4.69) is 9.98 Å². The molecule has 1 aromatic heterocycles. The number of alkyl halides is 1. The molecular formula is C12H15ClN4O3. The number of aromatic amines is 1. The number of aryl methyl sites for hydroxylation is 1. The predicted octanol–water partition coefficient (Wildman–Crippen LogP) is 0.617. The number of hydrogen-bond donors (Lipinski definition) is 3. The summed E-state index contributed by atoms with van der Waals surface area (Å²) in [6.07, 6.45) is 2.56. The van der Waals surface area contributed by atoms with Gasteiger partial charge in [0.05, 0.1) is 0 Å². The second kappa shape index (κ2) is 6.76. The van der Waals surface area contributed by atoms with Gasteiger partial charge in [-0.25, -0.2) is 4.99 Å². The third-order valence-electron chi connectivity index (χ3n) is 2.21. The third kappa shape index (κ3) is 4.13. The number of pyridine rings is 1. The van der Waals surface area contributed by atoms with Crippen molar-refractivity contribution in [3.63, 3.8) is 0 Å². The first kappa shape index (κ1) is 15.8. The standard InChI is InChI=1S/C12H15ClN4O3/c1-6-5-8(12(19)17-10(6)11(15)18)20-9(3-4-14)16-7(2)13/h3-5,7H,14H2,1-2H3,(H2,15,18)(H,17,19)/b4-3-,16-9?. The summed E-state index contributed by atoms with van der Waals surface area (Å²) in [5.41, 5.74) is 9.73. The summed E-state index contributed by atoms with van der Waals surface area (Å²) in [5.74, 6) is -0.690. The molecule has 8 heteroatoms. The molecule has 0 aliphatic heterocycles. The van der Waals surface area contributed by atoms with Crippen LogP contribution in [0.2, 0.25) is 0 Å². The molecule has 0 spiro atoms. The second-order valence-corrected chi connectivity index (χ2v) is 4.52. The van der Waals surface area contributed by atoms with Crippen molar-refractivity contribution in [1.82, 2.24) is 4.98 Å². The predicted molar refractivity (Wildman–Crippen MR) is 77.0 cm³/mol. The molecule has 0 saturated heterocycles. The lowest BCUT2D eigenvalue weighted by atomic mass is 10.2. The van der Waals surface area contributed by atoms with E-state index in [4.69, 9.17) is 27.8 Å². The van der Waals surface area contributed by atoms with Gasteiger partial charge in [0.25, 0.3) is 11.5 Å². The van der Waals surface area contributed by atoms with Crippen molar-refractivity contribution in [3.05, 3.63) is 40.0 Å². The number of rotatable bonds is 4. The fourth-order valence-electron chi connectivity index (χ4n) is 1.41. The smallest absolute Gasteiger partial charge is 0.291 e. The quantitative estimate of drug-likeness (QED) is 0.326. The van der Waals surface area contributed by atoms with Gasteiger partial charge in [-0.15, -0.1) is 0 Å². The zero-order valence-electron chi connectivity index (χ0n) is 11.0. The van der Waals surface area contributed by atoms with Gasteiger partial charge in [0.2, 0.25) is 5.90 Å². The summed E-state index contributed by atoms with van der Waals surface area (Å²) in [7, 11) is 0. The summed E-state index contributed by atoms with van der Waals surface area (Å²) >= 11 is 5.72. The molecule has 0 fully saturated rings. The van der Waals surface area contributed by atoms with Crippen molar-refractivity contribution in [2.45, 2.75) is 19.3 Å². The number of ether oxygens (including phenoxy) is 1. The number of carbonyl (C=O) groups is 1. The first-order valence-corrected chi connectivity index (χ1v) is 6.10. The maximum atomic E-state index is 11.8. The molecule has 1 atom stereocenters. The number of H-pyrrole nitrogens is 1. The van der Waals surface area contributed by atoms with Crippen LogP contribution in [-0.4, -0.2) is 22.3 Å². The zero-order chi connectivity index (χ0) is 15.3. The van der Waals surface area contributed by atoms with Gasteiger partial charge in [-0.2, -0.15) is 0 Å². The molecule has 0 radical (unpaired) electrons.